The van der Waals surface area contributed by atoms with Gasteiger partial charge in [-0.05, 0) is 12.1 Å². The van der Waals surface area contributed by atoms with Crippen LogP contribution in [-0.4, -0.2) is 26.1 Å². The number of aromatic nitrogens is 4. The van der Waals surface area contributed by atoms with Gasteiger partial charge in [-0.3, -0.25) is 14.9 Å². The zero-order chi connectivity index (χ0) is 12.1. The number of rotatable bonds is 4. The molecule has 0 unspecified atom stereocenters. The predicted octanol–water partition coefficient (Wildman–Crippen LogP) is -0.412. The zero-order valence-corrected chi connectivity index (χ0v) is 9.05. The molecule has 1 amide bonds. The standard InChI is InChI=1S/C10H12N6O/c11-4-8-3-7(1-2-12-8)10(17)13-5-9-14-6-15-16-9/h1-3,6H,4-5,11H2,(H,13,17)(H,14,15,16). The van der Waals surface area contributed by atoms with Crippen LogP contribution in [0.4, 0.5) is 0 Å². The molecule has 0 fully saturated rings. The summed E-state index contributed by atoms with van der Waals surface area (Å²) in [5.74, 6) is 0.407. The third-order valence-electron chi connectivity index (χ3n) is 2.17. The summed E-state index contributed by atoms with van der Waals surface area (Å²) in [7, 11) is 0. The molecule has 2 rings (SSSR count). The summed E-state index contributed by atoms with van der Waals surface area (Å²) in [4.78, 5) is 19.7. The zero-order valence-electron chi connectivity index (χ0n) is 9.05. The Labute approximate surface area is 97.5 Å². The van der Waals surface area contributed by atoms with Crippen LogP contribution in [0.3, 0.4) is 0 Å². The van der Waals surface area contributed by atoms with Gasteiger partial charge in [-0.15, -0.1) is 0 Å². The summed E-state index contributed by atoms with van der Waals surface area (Å²) in [5.41, 5.74) is 6.66. The summed E-state index contributed by atoms with van der Waals surface area (Å²) in [5, 5.41) is 9.06. The van der Waals surface area contributed by atoms with Gasteiger partial charge in [-0.25, -0.2) is 4.98 Å². The first-order chi connectivity index (χ1) is 8.29. The van der Waals surface area contributed by atoms with Crippen LogP contribution in [-0.2, 0) is 13.1 Å². The molecule has 0 aliphatic heterocycles. The lowest BCUT2D eigenvalue weighted by atomic mass is 10.2. The van der Waals surface area contributed by atoms with Crippen molar-refractivity contribution in [1.29, 1.82) is 0 Å². The molecule has 4 N–H and O–H groups in total. The Balaban J connectivity index is 1.99. The molecule has 0 bridgehead atoms. The molecule has 0 radical (unpaired) electrons. The van der Waals surface area contributed by atoms with E-state index >= 15 is 0 Å². The van der Waals surface area contributed by atoms with E-state index in [0.29, 0.717) is 30.2 Å². The fourth-order valence-corrected chi connectivity index (χ4v) is 1.31. The topological polar surface area (TPSA) is 110 Å². The van der Waals surface area contributed by atoms with Crippen molar-refractivity contribution < 1.29 is 4.79 Å². The predicted molar refractivity (Wildman–Crippen MR) is 59.7 cm³/mol. The Morgan fingerprint density at radius 2 is 2.35 bits per heavy atom. The number of pyridine rings is 1. The van der Waals surface area contributed by atoms with E-state index in [-0.39, 0.29) is 5.91 Å². The first-order valence-electron chi connectivity index (χ1n) is 5.07. The maximum Gasteiger partial charge on any atom is 0.251 e. The van der Waals surface area contributed by atoms with Gasteiger partial charge in [0.1, 0.15) is 12.2 Å². The van der Waals surface area contributed by atoms with Gasteiger partial charge < -0.3 is 11.1 Å². The lowest BCUT2D eigenvalue weighted by Crippen LogP contribution is -2.23. The van der Waals surface area contributed by atoms with E-state index in [1.165, 1.54) is 6.33 Å². The van der Waals surface area contributed by atoms with Crippen molar-refractivity contribution in [3.8, 4) is 0 Å². The third-order valence-corrected chi connectivity index (χ3v) is 2.17. The Morgan fingerprint density at radius 3 is 3.06 bits per heavy atom. The summed E-state index contributed by atoms with van der Waals surface area (Å²) in [6, 6.07) is 3.30. The lowest BCUT2D eigenvalue weighted by molar-refractivity contribution is 0.0949. The highest BCUT2D eigenvalue weighted by molar-refractivity contribution is 5.94. The Hall–Kier alpha value is -2.28. The van der Waals surface area contributed by atoms with Gasteiger partial charge in [0.25, 0.3) is 5.91 Å². The number of H-pyrrole nitrogens is 1. The minimum Gasteiger partial charge on any atom is -0.345 e. The quantitative estimate of drug-likeness (QED) is 0.663. The highest BCUT2D eigenvalue weighted by Crippen LogP contribution is 2.01. The Morgan fingerprint density at radius 1 is 1.47 bits per heavy atom. The normalized spacial score (nSPS) is 10.2. The van der Waals surface area contributed by atoms with E-state index in [1.807, 2.05) is 0 Å². The maximum atomic E-state index is 11.8. The molecule has 17 heavy (non-hydrogen) atoms. The number of carbonyl (C=O) groups is 1. The fourth-order valence-electron chi connectivity index (χ4n) is 1.31. The van der Waals surface area contributed by atoms with Gasteiger partial charge in [0.05, 0.1) is 12.2 Å². The van der Waals surface area contributed by atoms with E-state index in [2.05, 4.69) is 25.5 Å². The van der Waals surface area contributed by atoms with Crippen LogP contribution in [0.25, 0.3) is 0 Å². The molecule has 7 heteroatoms. The van der Waals surface area contributed by atoms with Crippen LogP contribution < -0.4 is 11.1 Å². The molecule has 88 valence electrons. The summed E-state index contributed by atoms with van der Waals surface area (Å²) < 4.78 is 0. The van der Waals surface area contributed by atoms with Crippen molar-refractivity contribution in [2.45, 2.75) is 13.1 Å². The first-order valence-corrected chi connectivity index (χ1v) is 5.07. The Kier molecular flexibility index (Phi) is 3.41. The molecular weight excluding hydrogens is 220 g/mol. The average molecular weight is 232 g/mol. The van der Waals surface area contributed by atoms with Gasteiger partial charge in [0.15, 0.2) is 0 Å². The van der Waals surface area contributed by atoms with Gasteiger partial charge in [0.2, 0.25) is 0 Å². The largest absolute Gasteiger partial charge is 0.345 e. The van der Waals surface area contributed by atoms with Crippen molar-refractivity contribution in [2.75, 3.05) is 0 Å². The number of hydrogen-bond donors (Lipinski definition) is 3. The van der Waals surface area contributed by atoms with Crippen LogP contribution in [0.5, 0.6) is 0 Å². The van der Waals surface area contributed by atoms with Gasteiger partial charge in [-0.1, -0.05) is 0 Å². The average Bonchev–Trinajstić information content (AvgIpc) is 2.89. The number of nitrogens with two attached hydrogens (primary N) is 1. The highest BCUT2D eigenvalue weighted by Gasteiger charge is 2.06. The lowest BCUT2D eigenvalue weighted by Gasteiger charge is -2.04. The van der Waals surface area contributed by atoms with E-state index in [0.717, 1.165) is 0 Å². The van der Waals surface area contributed by atoms with E-state index in [4.69, 9.17) is 5.73 Å². The highest BCUT2D eigenvalue weighted by atomic mass is 16.1. The van der Waals surface area contributed by atoms with E-state index in [9.17, 15) is 4.79 Å². The molecule has 0 saturated heterocycles. The van der Waals surface area contributed by atoms with Crippen molar-refractivity contribution >= 4 is 5.91 Å². The van der Waals surface area contributed by atoms with Crippen molar-refractivity contribution in [3.63, 3.8) is 0 Å². The Bertz CT molecular complexity index is 495. The van der Waals surface area contributed by atoms with Crippen molar-refractivity contribution in [2.24, 2.45) is 5.73 Å². The monoisotopic (exact) mass is 232 g/mol. The second kappa shape index (κ2) is 5.17. The molecule has 2 aromatic rings. The number of aromatic amines is 1. The number of carbonyl (C=O) groups excluding carboxylic acids is 1. The molecule has 0 atom stereocenters. The number of nitrogens with one attached hydrogen (secondary N) is 2. The molecule has 7 nitrogen and oxygen atoms in total. The van der Waals surface area contributed by atoms with Crippen molar-refractivity contribution in [1.82, 2.24) is 25.5 Å². The molecule has 0 saturated carbocycles. The number of hydrogen-bond acceptors (Lipinski definition) is 5. The molecule has 0 aromatic carbocycles. The summed E-state index contributed by atoms with van der Waals surface area (Å²) in [6.45, 7) is 0.613. The molecule has 2 aromatic heterocycles. The van der Waals surface area contributed by atoms with Crippen LogP contribution in [0.2, 0.25) is 0 Å². The second-order valence-corrected chi connectivity index (χ2v) is 3.35. The number of amides is 1. The molecular formula is C10H12N6O. The maximum absolute atomic E-state index is 11.8. The summed E-state index contributed by atoms with van der Waals surface area (Å²) >= 11 is 0. The smallest absolute Gasteiger partial charge is 0.251 e. The van der Waals surface area contributed by atoms with E-state index < -0.39 is 0 Å². The van der Waals surface area contributed by atoms with Gasteiger partial charge >= 0.3 is 0 Å². The van der Waals surface area contributed by atoms with Crippen LogP contribution >= 0.6 is 0 Å². The first kappa shape index (κ1) is 11.2. The fraction of sp³-hybridized carbons (Fsp3) is 0.200. The van der Waals surface area contributed by atoms with Gasteiger partial charge in [0, 0.05) is 18.3 Å². The molecule has 0 spiro atoms. The number of nitrogens with zero attached hydrogens (tertiary/aromatic N) is 3. The van der Waals surface area contributed by atoms with Gasteiger partial charge in [-0.2, -0.15) is 5.10 Å². The summed E-state index contributed by atoms with van der Waals surface area (Å²) in [6.07, 6.45) is 2.95. The molecule has 0 aliphatic carbocycles. The van der Waals surface area contributed by atoms with Crippen LogP contribution in [0, 0.1) is 0 Å². The van der Waals surface area contributed by atoms with Crippen LogP contribution in [0.1, 0.15) is 21.9 Å². The molecule has 0 aliphatic rings. The minimum atomic E-state index is -0.196. The minimum absolute atomic E-state index is 0.196. The third kappa shape index (κ3) is 2.85. The van der Waals surface area contributed by atoms with Crippen LogP contribution in [0.15, 0.2) is 24.7 Å². The molecule has 2 heterocycles. The SMILES string of the molecule is NCc1cc(C(=O)NCc2ncn[nH]2)ccn1. The van der Waals surface area contributed by atoms with Crippen molar-refractivity contribution in [3.05, 3.63) is 41.7 Å². The van der Waals surface area contributed by atoms with E-state index in [1.54, 1.807) is 18.3 Å². The second-order valence-electron chi connectivity index (χ2n) is 3.35.